The van der Waals surface area contributed by atoms with Gasteiger partial charge in [-0.05, 0) is 138 Å². The van der Waals surface area contributed by atoms with Gasteiger partial charge in [0.1, 0.15) is 11.2 Å². The first kappa shape index (κ1) is 39.1. The van der Waals surface area contributed by atoms with E-state index in [1.165, 1.54) is 83.5 Å². The van der Waals surface area contributed by atoms with Crippen LogP contribution in [0.5, 0.6) is 0 Å². The molecule has 0 saturated heterocycles. The highest BCUT2D eigenvalue weighted by molar-refractivity contribution is 6.13. The molecule has 3 aliphatic rings. The van der Waals surface area contributed by atoms with E-state index >= 15 is 0 Å². The minimum Gasteiger partial charge on any atom is -0.456 e. The molecule has 1 spiro atoms. The molecule has 0 N–H and O–H groups in total. The molecule has 2 nitrogen and oxygen atoms in total. The summed E-state index contributed by atoms with van der Waals surface area (Å²) in [6.45, 7) is 0. The van der Waals surface area contributed by atoms with Crippen molar-refractivity contribution in [1.29, 1.82) is 0 Å². The van der Waals surface area contributed by atoms with E-state index in [1.54, 1.807) is 0 Å². The van der Waals surface area contributed by atoms with Crippen LogP contribution in [0.25, 0.3) is 66.4 Å². The van der Waals surface area contributed by atoms with Crippen LogP contribution in [0.1, 0.15) is 44.5 Å². The number of rotatable bonds is 6. The first-order chi connectivity index (χ1) is 34.7. The minimum atomic E-state index is -0.474. The zero-order valence-electron chi connectivity index (χ0n) is 38.2. The van der Waals surface area contributed by atoms with Gasteiger partial charge in [-0.25, -0.2) is 0 Å². The van der Waals surface area contributed by atoms with Crippen LogP contribution >= 0.6 is 0 Å². The second kappa shape index (κ2) is 14.8. The number of fused-ring (bicyclic) bond motifs is 16. The molecule has 1 heterocycles. The zero-order valence-corrected chi connectivity index (χ0v) is 38.2. The molecule has 0 unspecified atom stereocenters. The van der Waals surface area contributed by atoms with Crippen molar-refractivity contribution in [2.75, 3.05) is 4.90 Å². The molecule has 0 radical (unpaired) electrons. The molecule has 1 aromatic heterocycles. The second-order valence-corrected chi connectivity index (χ2v) is 19.0. The van der Waals surface area contributed by atoms with Crippen LogP contribution in [0, 0.1) is 0 Å². The third kappa shape index (κ3) is 5.17. The highest BCUT2D eigenvalue weighted by Crippen LogP contribution is 2.64. The molecule has 15 rings (SSSR count). The average molecular weight is 890 g/mol. The summed E-state index contributed by atoms with van der Waals surface area (Å²) in [4.78, 5) is 2.45. The van der Waals surface area contributed by atoms with E-state index in [1.807, 2.05) is 0 Å². The van der Waals surface area contributed by atoms with Crippen LogP contribution in [-0.2, 0) is 10.8 Å². The molecule has 12 aromatic rings. The Morgan fingerprint density at radius 1 is 0.286 bits per heavy atom. The van der Waals surface area contributed by atoms with E-state index in [-0.39, 0.29) is 0 Å². The molecule has 2 heteroatoms. The number of nitrogens with zero attached hydrogens (tertiary/aromatic N) is 1. The van der Waals surface area contributed by atoms with E-state index < -0.39 is 10.8 Å². The Hall–Kier alpha value is -8.98. The second-order valence-electron chi connectivity index (χ2n) is 19.0. The van der Waals surface area contributed by atoms with Gasteiger partial charge in [-0.1, -0.05) is 212 Å². The van der Waals surface area contributed by atoms with Crippen molar-refractivity contribution < 1.29 is 4.42 Å². The maximum Gasteiger partial charge on any atom is 0.137 e. The van der Waals surface area contributed by atoms with Crippen LogP contribution in [0.2, 0.25) is 0 Å². The largest absolute Gasteiger partial charge is 0.456 e. The molecule has 0 amide bonds. The van der Waals surface area contributed by atoms with Gasteiger partial charge in [0, 0.05) is 16.8 Å². The summed E-state index contributed by atoms with van der Waals surface area (Å²) in [7, 11) is 0. The van der Waals surface area contributed by atoms with Gasteiger partial charge in [-0.15, -0.1) is 0 Å². The van der Waals surface area contributed by atoms with Gasteiger partial charge in [0.05, 0.1) is 21.9 Å². The predicted molar refractivity (Wildman–Crippen MR) is 287 cm³/mol. The summed E-state index contributed by atoms with van der Waals surface area (Å²) < 4.78 is 6.58. The Bertz CT molecular complexity index is 3970. The fraction of sp³-hybridized carbons (Fsp3) is 0.0294. The molecule has 326 valence electrons. The van der Waals surface area contributed by atoms with Crippen molar-refractivity contribution in [3.63, 3.8) is 0 Å². The molecule has 11 aromatic carbocycles. The van der Waals surface area contributed by atoms with Crippen molar-refractivity contribution in [2.24, 2.45) is 0 Å². The standard InChI is InChI=1S/C68H43NO/c1-3-18-46(19-4-1)67(47-20-5-2-6-21-47)57-27-12-7-24-52(57)54-40-36-45(42-61(54)67)44-34-37-48(38-35-44)69(63-31-17-33-65-66(63)56-26-11-16-32-64(56)70-65)49-39-41-55-53-25-10-15-30-60(53)68(62(55)43-49)58-28-13-8-22-50(58)51-23-9-14-29-59(51)68/h1-43H. The molecule has 0 atom stereocenters. The first-order valence-corrected chi connectivity index (χ1v) is 24.3. The molecule has 70 heavy (non-hydrogen) atoms. The lowest BCUT2D eigenvalue weighted by Gasteiger charge is -2.34. The summed E-state index contributed by atoms with van der Waals surface area (Å²) in [5.41, 5.74) is 24.5. The molecule has 3 aliphatic carbocycles. The lowest BCUT2D eigenvalue weighted by atomic mass is 9.67. The van der Waals surface area contributed by atoms with Crippen LogP contribution in [0.4, 0.5) is 17.1 Å². The van der Waals surface area contributed by atoms with Crippen molar-refractivity contribution in [3.8, 4) is 44.5 Å². The van der Waals surface area contributed by atoms with E-state index in [0.717, 1.165) is 44.6 Å². The Kier molecular flexibility index (Phi) is 8.24. The van der Waals surface area contributed by atoms with Gasteiger partial charge < -0.3 is 9.32 Å². The maximum atomic E-state index is 6.58. The fourth-order valence-corrected chi connectivity index (χ4v) is 13.0. The summed E-state index contributed by atoms with van der Waals surface area (Å²) in [6, 6.07) is 96.6. The van der Waals surface area contributed by atoms with Gasteiger partial charge in [-0.2, -0.15) is 0 Å². The highest BCUT2D eigenvalue weighted by atomic mass is 16.3. The average Bonchev–Trinajstić information content (AvgIpc) is 4.14. The highest BCUT2D eigenvalue weighted by Gasteiger charge is 2.52. The Morgan fingerprint density at radius 2 is 0.729 bits per heavy atom. The quantitative estimate of drug-likeness (QED) is 0.165. The van der Waals surface area contributed by atoms with Gasteiger partial charge in [0.2, 0.25) is 0 Å². The van der Waals surface area contributed by atoms with Crippen LogP contribution in [-0.4, -0.2) is 0 Å². The van der Waals surface area contributed by atoms with Crippen LogP contribution in [0.15, 0.2) is 265 Å². The Labute approximate surface area is 407 Å². The molecule has 0 saturated carbocycles. The number of furan rings is 1. The number of anilines is 3. The van der Waals surface area contributed by atoms with Crippen molar-refractivity contribution in [1.82, 2.24) is 0 Å². The zero-order chi connectivity index (χ0) is 46.0. The van der Waals surface area contributed by atoms with Gasteiger partial charge in [0.25, 0.3) is 0 Å². The lowest BCUT2D eigenvalue weighted by Crippen LogP contribution is -2.28. The lowest BCUT2D eigenvalue weighted by molar-refractivity contribution is 0.669. The third-order valence-electron chi connectivity index (χ3n) is 15.8. The fourth-order valence-electron chi connectivity index (χ4n) is 13.0. The smallest absolute Gasteiger partial charge is 0.137 e. The summed E-state index contributed by atoms with van der Waals surface area (Å²) in [6.07, 6.45) is 0. The first-order valence-electron chi connectivity index (χ1n) is 24.3. The number of hydrogen-bond acceptors (Lipinski definition) is 2. The summed E-state index contributed by atoms with van der Waals surface area (Å²) >= 11 is 0. The SMILES string of the molecule is c1ccc(C2(c3ccccc3)c3ccccc3-c3ccc(-c4ccc(N(c5ccc6c(c5)C5(c7ccccc7-c7ccccc75)c5ccccc5-6)c5cccc6oc7ccccc7c56)cc4)cc32)cc1. The maximum absolute atomic E-state index is 6.58. The monoisotopic (exact) mass is 889 g/mol. The number of para-hydroxylation sites is 1. The van der Waals surface area contributed by atoms with Crippen LogP contribution in [0.3, 0.4) is 0 Å². The normalized spacial score (nSPS) is 13.9. The topological polar surface area (TPSA) is 16.4 Å². The summed E-state index contributed by atoms with van der Waals surface area (Å²) in [5, 5.41) is 2.19. The van der Waals surface area contributed by atoms with Crippen LogP contribution < -0.4 is 4.90 Å². The third-order valence-corrected chi connectivity index (χ3v) is 15.8. The molecule has 0 aliphatic heterocycles. The van der Waals surface area contributed by atoms with Crippen molar-refractivity contribution in [2.45, 2.75) is 10.8 Å². The van der Waals surface area contributed by atoms with Crippen molar-refractivity contribution in [3.05, 3.63) is 305 Å². The van der Waals surface area contributed by atoms with Gasteiger partial charge >= 0.3 is 0 Å². The molecule has 0 bridgehead atoms. The summed E-state index contributed by atoms with van der Waals surface area (Å²) in [5.74, 6) is 0. The van der Waals surface area contributed by atoms with Gasteiger partial charge in [-0.3, -0.25) is 0 Å². The van der Waals surface area contributed by atoms with Crippen molar-refractivity contribution >= 4 is 39.0 Å². The molecular formula is C68H43NO. The van der Waals surface area contributed by atoms with Gasteiger partial charge in [0.15, 0.2) is 0 Å². The predicted octanol–water partition coefficient (Wildman–Crippen LogP) is 17.4. The molecule has 0 fully saturated rings. The van der Waals surface area contributed by atoms with E-state index in [4.69, 9.17) is 4.42 Å². The minimum absolute atomic E-state index is 0.471. The number of benzene rings is 11. The Morgan fingerprint density at radius 3 is 1.33 bits per heavy atom. The van der Waals surface area contributed by atoms with E-state index in [9.17, 15) is 0 Å². The van der Waals surface area contributed by atoms with E-state index in [0.29, 0.717) is 0 Å². The van der Waals surface area contributed by atoms with E-state index in [2.05, 4.69) is 266 Å². The Balaban J connectivity index is 0.932. The molecular weight excluding hydrogens is 847 g/mol. The number of hydrogen-bond donors (Lipinski definition) is 0.